The number of aliphatic hydroxyl groups excluding tert-OH is 2. The molecular formula is C21H16F5NO4. The Morgan fingerprint density at radius 2 is 1.77 bits per heavy atom. The average molecular weight is 441 g/mol. The van der Waals surface area contributed by atoms with Crippen LogP contribution >= 0.6 is 0 Å². The number of halogens is 5. The van der Waals surface area contributed by atoms with Crippen LogP contribution in [0.2, 0.25) is 0 Å². The molecule has 0 bridgehead atoms. The Morgan fingerprint density at radius 1 is 1.10 bits per heavy atom. The molecule has 0 radical (unpaired) electrons. The summed E-state index contributed by atoms with van der Waals surface area (Å²) in [4.78, 5) is 13.1. The Balaban J connectivity index is 1.91. The van der Waals surface area contributed by atoms with Gasteiger partial charge in [-0.15, -0.1) is 0 Å². The summed E-state index contributed by atoms with van der Waals surface area (Å²) in [5, 5.41) is 18.9. The first-order chi connectivity index (χ1) is 14.5. The highest BCUT2D eigenvalue weighted by Crippen LogP contribution is 2.38. The minimum absolute atomic E-state index is 0.0149. The normalized spacial score (nSPS) is 18.6. The minimum atomic E-state index is -4.78. The first kappa shape index (κ1) is 22.5. The number of rotatable bonds is 3. The number of nitrogens with zero attached hydrogens (tertiary/aromatic N) is 1. The van der Waals surface area contributed by atoms with Gasteiger partial charge in [0.25, 0.3) is 5.91 Å². The Labute approximate surface area is 173 Å². The number of aliphatic hydroxyl groups is 2. The van der Waals surface area contributed by atoms with E-state index in [-0.39, 0.29) is 35.5 Å². The number of carbonyl (C=O) groups is 1. The van der Waals surface area contributed by atoms with E-state index >= 15 is 0 Å². The number of carbonyl (C=O) groups excluding carboxylic acids is 1. The summed E-state index contributed by atoms with van der Waals surface area (Å²) >= 11 is 0. The van der Waals surface area contributed by atoms with Gasteiger partial charge in [0.2, 0.25) is 0 Å². The zero-order chi connectivity index (χ0) is 22.8. The van der Waals surface area contributed by atoms with Crippen molar-refractivity contribution in [3.05, 3.63) is 53.6 Å². The number of hydrogen-bond acceptors (Lipinski definition) is 4. The summed E-state index contributed by atoms with van der Waals surface area (Å²) in [6.07, 6.45) is -6.99. The summed E-state index contributed by atoms with van der Waals surface area (Å²) in [5.41, 5.74) is -1.41. The topological polar surface area (TPSA) is 70.0 Å². The number of β-amino-alcohol motifs (C(OH)–C–C–N with tert-alkyl or cyclic N) is 2. The van der Waals surface area contributed by atoms with Crippen LogP contribution in [0.4, 0.5) is 22.0 Å². The quantitative estimate of drug-likeness (QED) is 0.568. The molecule has 0 aliphatic carbocycles. The van der Waals surface area contributed by atoms with E-state index in [9.17, 15) is 37.0 Å². The molecule has 1 saturated heterocycles. The predicted molar refractivity (Wildman–Crippen MR) is 99.0 cm³/mol. The van der Waals surface area contributed by atoms with Crippen LogP contribution in [0.5, 0.6) is 5.75 Å². The van der Waals surface area contributed by atoms with Crippen molar-refractivity contribution in [3.8, 4) is 28.7 Å². The molecular weight excluding hydrogens is 425 g/mol. The first-order valence-corrected chi connectivity index (χ1v) is 8.98. The molecule has 0 saturated carbocycles. The Morgan fingerprint density at radius 3 is 2.39 bits per heavy atom. The lowest BCUT2D eigenvalue weighted by Crippen LogP contribution is -2.28. The van der Waals surface area contributed by atoms with Crippen molar-refractivity contribution < 1.29 is 41.7 Å². The molecule has 1 fully saturated rings. The van der Waals surface area contributed by atoms with Crippen molar-refractivity contribution in [1.82, 2.24) is 4.90 Å². The number of alkyl halides is 5. The first-order valence-electron chi connectivity index (χ1n) is 8.98. The lowest BCUT2D eigenvalue weighted by Gasteiger charge is -2.14. The molecule has 5 nitrogen and oxygen atoms in total. The molecule has 1 heterocycles. The van der Waals surface area contributed by atoms with Crippen LogP contribution in [0.1, 0.15) is 11.1 Å². The summed E-state index contributed by atoms with van der Waals surface area (Å²) in [6.45, 7) is -3.37. The van der Waals surface area contributed by atoms with Gasteiger partial charge in [-0.3, -0.25) is 4.79 Å². The second-order valence-corrected chi connectivity index (χ2v) is 6.76. The maximum Gasteiger partial charge on any atom is 0.417 e. The summed E-state index contributed by atoms with van der Waals surface area (Å²) in [5.74, 6) is 3.51. The zero-order valence-electron chi connectivity index (χ0n) is 15.7. The van der Waals surface area contributed by atoms with E-state index in [1.807, 2.05) is 0 Å². The zero-order valence-corrected chi connectivity index (χ0v) is 15.7. The van der Waals surface area contributed by atoms with E-state index in [4.69, 9.17) is 0 Å². The van der Waals surface area contributed by atoms with Crippen molar-refractivity contribution in [3.63, 3.8) is 0 Å². The van der Waals surface area contributed by atoms with E-state index < -0.39 is 36.5 Å². The molecule has 2 aromatic rings. The summed E-state index contributed by atoms with van der Waals surface area (Å²) < 4.78 is 69.9. The van der Waals surface area contributed by atoms with Gasteiger partial charge in [-0.1, -0.05) is 24.1 Å². The van der Waals surface area contributed by atoms with Crippen LogP contribution < -0.4 is 4.74 Å². The summed E-state index contributed by atoms with van der Waals surface area (Å²) in [6, 6.07) is 8.02. The molecule has 1 amide bonds. The van der Waals surface area contributed by atoms with E-state index in [0.717, 1.165) is 23.1 Å². The maximum atomic E-state index is 13.6. The standard InChI is InChI=1S/C21H16F5NO4/c22-20(23)31-14-3-1-2-13(9-14)15-6-4-12(8-16(15)21(24,25)26)5-7-19(30)27-10-17(28)18(29)11-27/h1-4,6,8-9,17-18,20,28-29H,10-11H2/t17-,18-/m0/s1. The molecule has 2 N–H and O–H groups in total. The van der Waals surface area contributed by atoms with Crippen LogP contribution in [0.25, 0.3) is 11.1 Å². The molecule has 3 rings (SSSR count). The van der Waals surface area contributed by atoms with Gasteiger partial charge in [0, 0.05) is 11.5 Å². The second kappa shape index (κ2) is 8.91. The number of ether oxygens (including phenoxy) is 1. The van der Waals surface area contributed by atoms with Crippen molar-refractivity contribution >= 4 is 5.91 Å². The molecule has 10 heteroatoms. The third-order valence-electron chi connectivity index (χ3n) is 4.56. The van der Waals surface area contributed by atoms with Crippen molar-refractivity contribution in [2.45, 2.75) is 25.0 Å². The monoisotopic (exact) mass is 441 g/mol. The SMILES string of the molecule is O=C(C#Cc1ccc(-c2cccc(OC(F)F)c2)c(C(F)(F)F)c1)N1C[C@H](O)[C@@H](O)C1. The molecule has 0 aromatic heterocycles. The van der Waals surface area contributed by atoms with Gasteiger partial charge in [-0.2, -0.15) is 22.0 Å². The number of benzene rings is 2. The van der Waals surface area contributed by atoms with Crippen LogP contribution in [0.3, 0.4) is 0 Å². The van der Waals surface area contributed by atoms with E-state index in [1.54, 1.807) is 0 Å². The minimum Gasteiger partial charge on any atom is -0.435 e. The van der Waals surface area contributed by atoms with Crippen LogP contribution in [-0.2, 0) is 11.0 Å². The van der Waals surface area contributed by atoms with Crippen LogP contribution in [0, 0.1) is 11.8 Å². The van der Waals surface area contributed by atoms with Crippen molar-refractivity contribution in [2.24, 2.45) is 0 Å². The molecule has 0 unspecified atom stereocenters. The number of hydrogen-bond donors (Lipinski definition) is 2. The third kappa shape index (κ3) is 5.51. The molecule has 2 atom stereocenters. The fraction of sp³-hybridized carbons (Fsp3) is 0.286. The highest BCUT2D eigenvalue weighted by molar-refractivity contribution is 5.94. The smallest absolute Gasteiger partial charge is 0.417 e. The van der Waals surface area contributed by atoms with Crippen molar-refractivity contribution in [2.75, 3.05) is 13.1 Å². The Kier molecular flexibility index (Phi) is 6.48. The molecule has 1 aliphatic rings. The van der Waals surface area contributed by atoms with Crippen LogP contribution in [0.15, 0.2) is 42.5 Å². The number of amides is 1. The fourth-order valence-electron chi connectivity index (χ4n) is 3.09. The molecule has 2 aromatic carbocycles. The summed E-state index contributed by atoms with van der Waals surface area (Å²) in [7, 11) is 0. The molecule has 31 heavy (non-hydrogen) atoms. The molecule has 164 valence electrons. The number of likely N-dealkylation sites (tertiary alicyclic amines) is 1. The Bertz CT molecular complexity index is 1020. The molecule has 1 aliphatic heterocycles. The van der Waals surface area contributed by atoms with Gasteiger partial charge in [-0.05, 0) is 35.4 Å². The predicted octanol–water partition coefficient (Wildman–Crippen LogP) is 2.89. The Hall–Kier alpha value is -3.16. The lowest BCUT2D eigenvalue weighted by atomic mass is 9.97. The van der Waals surface area contributed by atoms with E-state index in [2.05, 4.69) is 16.6 Å². The van der Waals surface area contributed by atoms with Gasteiger partial charge in [0.15, 0.2) is 0 Å². The highest BCUT2D eigenvalue weighted by atomic mass is 19.4. The van der Waals surface area contributed by atoms with Crippen molar-refractivity contribution in [1.29, 1.82) is 0 Å². The van der Waals surface area contributed by atoms with Gasteiger partial charge >= 0.3 is 12.8 Å². The van der Waals surface area contributed by atoms with Crippen LogP contribution in [-0.4, -0.2) is 52.9 Å². The lowest BCUT2D eigenvalue weighted by molar-refractivity contribution is -0.137. The average Bonchev–Trinajstić information content (AvgIpc) is 3.03. The van der Waals surface area contributed by atoms with Gasteiger partial charge in [-0.25, -0.2) is 0 Å². The van der Waals surface area contributed by atoms with Gasteiger partial charge < -0.3 is 19.8 Å². The van der Waals surface area contributed by atoms with Gasteiger partial charge in [0.05, 0.1) is 30.9 Å². The largest absolute Gasteiger partial charge is 0.435 e. The third-order valence-corrected chi connectivity index (χ3v) is 4.56. The van der Waals surface area contributed by atoms with Gasteiger partial charge in [0.1, 0.15) is 5.75 Å². The highest BCUT2D eigenvalue weighted by Gasteiger charge is 2.34. The van der Waals surface area contributed by atoms with E-state index in [1.165, 1.54) is 24.3 Å². The maximum absolute atomic E-state index is 13.6. The second-order valence-electron chi connectivity index (χ2n) is 6.76. The fourth-order valence-corrected chi connectivity index (χ4v) is 3.09. The molecule has 0 spiro atoms. The van der Waals surface area contributed by atoms with E-state index in [0.29, 0.717) is 0 Å².